The number of anilines is 2. The Morgan fingerprint density at radius 2 is 1.22 bits per heavy atom. The summed E-state index contributed by atoms with van der Waals surface area (Å²) in [6.45, 7) is 4.47. The highest BCUT2D eigenvalue weighted by molar-refractivity contribution is 6.10. The fourth-order valence-corrected chi connectivity index (χ4v) is 4.95. The molecule has 1 aliphatic heterocycles. The molecule has 0 bridgehead atoms. The fourth-order valence-electron chi connectivity index (χ4n) is 4.95. The molecule has 2 heterocycles. The lowest BCUT2D eigenvalue weighted by molar-refractivity contribution is 0.749. The van der Waals surface area contributed by atoms with E-state index < -0.39 is 0 Å². The number of hydrogen-bond acceptors (Lipinski definition) is 2. The molecular formula is C29H25N3. The monoisotopic (exact) mass is 415 g/mol. The van der Waals surface area contributed by atoms with Crippen molar-refractivity contribution in [3.05, 3.63) is 115 Å². The van der Waals surface area contributed by atoms with Crippen LogP contribution in [-0.2, 0) is 0 Å². The highest BCUT2D eigenvalue weighted by atomic mass is 15.4. The molecule has 32 heavy (non-hydrogen) atoms. The molecule has 0 fully saturated rings. The van der Waals surface area contributed by atoms with Gasteiger partial charge in [0.05, 0.1) is 11.0 Å². The Labute approximate surface area is 188 Å². The summed E-state index contributed by atoms with van der Waals surface area (Å²) in [4.78, 5) is 4.69. The van der Waals surface area contributed by atoms with Gasteiger partial charge in [0.1, 0.15) is 6.17 Å². The second kappa shape index (κ2) is 7.31. The van der Waals surface area contributed by atoms with E-state index in [1.54, 1.807) is 0 Å². The summed E-state index contributed by atoms with van der Waals surface area (Å²) in [5.74, 6) is 0. The molecule has 0 amide bonds. The third-order valence-corrected chi connectivity index (χ3v) is 6.53. The van der Waals surface area contributed by atoms with Crippen molar-refractivity contribution < 1.29 is 0 Å². The summed E-state index contributed by atoms with van der Waals surface area (Å²) in [5.41, 5.74) is 7.39. The van der Waals surface area contributed by atoms with Gasteiger partial charge in [-0.3, -0.25) is 0 Å². The highest BCUT2D eigenvalue weighted by Gasteiger charge is 2.26. The van der Waals surface area contributed by atoms with Gasteiger partial charge in [0.25, 0.3) is 0 Å². The van der Waals surface area contributed by atoms with Gasteiger partial charge in [0, 0.05) is 40.2 Å². The van der Waals surface area contributed by atoms with Crippen molar-refractivity contribution in [1.29, 1.82) is 0 Å². The number of benzene rings is 4. The Morgan fingerprint density at radius 3 is 1.97 bits per heavy atom. The summed E-state index contributed by atoms with van der Waals surface area (Å²) < 4.78 is 2.38. The minimum atomic E-state index is 0.205. The molecule has 0 saturated heterocycles. The molecule has 1 aliphatic rings. The van der Waals surface area contributed by atoms with E-state index in [0.29, 0.717) is 0 Å². The Bertz CT molecular complexity index is 1450. The van der Waals surface area contributed by atoms with Crippen LogP contribution in [0, 0.1) is 6.92 Å². The average Bonchev–Trinajstić information content (AvgIpc) is 3.37. The molecule has 0 unspecified atom stereocenters. The minimum absolute atomic E-state index is 0.205. The van der Waals surface area contributed by atoms with Crippen molar-refractivity contribution in [2.45, 2.75) is 20.0 Å². The number of nitrogens with zero attached hydrogens (tertiary/aromatic N) is 3. The summed E-state index contributed by atoms with van der Waals surface area (Å²) in [6.07, 6.45) is 4.58. The fraction of sp³-hybridized carbons (Fsp3) is 0.103. The summed E-state index contributed by atoms with van der Waals surface area (Å²) >= 11 is 0. The summed E-state index contributed by atoms with van der Waals surface area (Å²) in [7, 11) is 0. The van der Waals surface area contributed by atoms with Crippen LogP contribution in [-0.4, -0.2) is 10.7 Å². The maximum Gasteiger partial charge on any atom is 0.107 e. The topological polar surface area (TPSA) is 11.4 Å². The predicted molar refractivity (Wildman–Crippen MR) is 136 cm³/mol. The first-order valence-corrected chi connectivity index (χ1v) is 11.1. The van der Waals surface area contributed by atoms with Crippen molar-refractivity contribution in [3.63, 3.8) is 0 Å². The van der Waals surface area contributed by atoms with Crippen molar-refractivity contribution in [3.8, 4) is 5.69 Å². The van der Waals surface area contributed by atoms with Crippen LogP contribution in [0.5, 0.6) is 0 Å². The van der Waals surface area contributed by atoms with E-state index >= 15 is 0 Å². The lowest BCUT2D eigenvalue weighted by atomic mass is 10.1. The summed E-state index contributed by atoms with van der Waals surface area (Å²) in [5, 5.41) is 2.56. The van der Waals surface area contributed by atoms with Crippen LogP contribution >= 0.6 is 0 Å². The molecule has 1 aromatic heterocycles. The first-order valence-electron chi connectivity index (χ1n) is 11.1. The molecule has 0 radical (unpaired) electrons. The van der Waals surface area contributed by atoms with Gasteiger partial charge in [-0.05, 0) is 61.9 Å². The van der Waals surface area contributed by atoms with E-state index in [9.17, 15) is 0 Å². The molecule has 0 aliphatic carbocycles. The average molecular weight is 416 g/mol. The zero-order valence-electron chi connectivity index (χ0n) is 18.3. The van der Waals surface area contributed by atoms with Gasteiger partial charge in [-0.15, -0.1) is 0 Å². The van der Waals surface area contributed by atoms with Crippen molar-refractivity contribution >= 4 is 33.2 Å². The van der Waals surface area contributed by atoms with Crippen LogP contribution < -0.4 is 9.80 Å². The normalized spacial score (nSPS) is 15.9. The molecule has 3 heteroatoms. The van der Waals surface area contributed by atoms with E-state index in [0.717, 1.165) is 0 Å². The molecule has 0 spiro atoms. The Balaban J connectivity index is 1.52. The number of aromatic nitrogens is 1. The quantitative estimate of drug-likeness (QED) is 0.308. The molecule has 4 aromatic carbocycles. The smallest absolute Gasteiger partial charge is 0.107 e. The van der Waals surface area contributed by atoms with Gasteiger partial charge in [0.2, 0.25) is 0 Å². The van der Waals surface area contributed by atoms with Crippen LogP contribution in [0.2, 0.25) is 0 Å². The molecule has 0 saturated carbocycles. The maximum absolute atomic E-state index is 2.38. The maximum atomic E-state index is 2.38. The Kier molecular flexibility index (Phi) is 4.29. The number of rotatable bonds is 3. The van der Waals surface area contributed by atoms with E-state index in [1.165, 1.54) is 44.4 Å². The summed E-state index contributed by atoms with van der Waals surface area (Å²) in [6, 6.07) is 34.6. The van der Waals surface area contributed by atoms with Gasteiger partial charge in [-0.2, -0.15) is 0 Å². The number of fused-ring (bicyclic) bond motifs is 3. The number of hydrogen-bond donors (Lipinski definition) is 0. The molecule has 6 rings (SSSR count). The van der Waals surface area contributed by atoms with Crippen molar-refractivity contribution in [2.24, 2.45) is 0 Å². The molecule has 1 atom stereocenters. The third-order valence-electron chi connectivity index (χ3n) is 6.53. The molecule has 5 aromatic rings. The predicted octanol–water partition coefficient (Wildman–Crippen LogP) is 7.24. The lowest BCUT2D eigenvalue weighted by Gasteiger charge is -2.31. The van der Waals surface area contributed by atoms with Crippen LogP contribution in [0.3, 0.4) is 0 Å². The molecular weight excluding hydrogens is 390 g/mol. The first-order chi connectivity index (χ1) is 15.7. The SMILES string of the molecule is Cc1cc2c(cc1N1C=CN(c3ccccc3)[C@@H]1C)c1ccccc1n2-c1ccccc1. The largest absolute Gasteiger partial charge is 0.326 e. The lowest BCUT2D eigenvalue weighted by Crippen LogP contribution is -2.36. The Hall–Kier alpha value is -3.98. The van der Waals surface area contributed by atoms with E-state index in [4.69, 9.17) is 0 Å². The molecule has 3 nitrogen and oxygen atoms in total. The van der Waals surface area contributed by atoms with E-state index in [1.807, 2.05) is 0 Å². The minimum Gasteiger partial charge on any atom is -0.326 e. The number of para-hydroxylation sites is 3. The second-order valence-electron chi connectivity index (χ2n) is 8.42. The number of aryl methyl sites for hydroxylation is 1. The zero-order chi connectivity index (χ0) is 21.7. The van der Waals surface area contributed by atoms with Crippen LogP contribution in [0.1, 0.15) is 12.5 Å². The third kappa shape index (κ3) is 2.82. The first kappa shape index (κ1) is 18.8. The highest BCUT2D eigenvalue weighted by Crippen LogP contribution is 2.38. The van der Waals surface area contributed by atoms with Crippen LogP contribution in [0.4, 0.5) is 11.4 Å². The van der Waals surface area contributed by atoms with Gasteiger partial charge < -0.3 is 14.4 Å². The van der Waals surface area contributed by atoms with Gasteiger partial charge in [0.15, 0.2) is 0 Å². The Morgan fingerprint density at radius 1 is 0.594 bits per heavy atom. The van der Waals surface area contributed by atoms with Gasteiger partial charge in [-0.1, -0.05) is 54.6 Å². The molecule has 156 valence electrons. The van der Waals surface area contributed by atoms with Crippen molar-refractivity contribution in [2.75, 3.05) is 9.80 Å². The second-order valence-corrected chi connectivity index (χ2v) is 8.42. The van der Waals surface area contributed by atoms with Crippen LogP contribution in [0.15, 0.2) is 109 Å². The standard InChI is InChI=1S/C29H25N3/c1-21-19-29-26(25-15-9-10-16-27(25)32(29)24-13-7-4-8-14-24)20-28(21)31-18-17-30(22(31)2)23-11-5-3-6-12-23/h3-20,22H,1-2H3/t22-/m0/s1. The van der Waals surface area contributed by atoms with E-state index in [2.05, 4.69) is 138 Å². The van der Waals surface area contributed by atoms with Crippen LogP contribution in [0.25, 0.3) is 27.5 Å². The molecule has 0 N–H and O–H groups in total. The van der Waals surface area contributed by atoms with Gasteiger partial charge >= 0.3 is 0 Å². The van der Waals surface area contributed by atoms with E-state index in [-0.39, 0.29) is 6.17 Å². The van der Waals surface area contributed by atoms with Crippen molar-refractivity contribution in [1.82, 2.24) is 4.57 Å². The van der Waals surface area contributed by atoms with Gasteiger partial charge in [-0.25, -0.2) is 0 Å². The zero-order valence-corrected chi connectivity index (χ0v) is 18.3.